The van der Waals surface area contributed by atoms with Crippen molar-refractivity contribution in [2.24, 2.45) is 0 Å². The summed E-state index contributed by atoms with van der Waals surface area (Å²) < 4.78 is 0. The zero-order valence-corrected chi connectivity index (χ0v) is 9.92. The first kappa shape index (κ1) is 10.6. The van der Waals surface area contributed by atoms with Crippen LogP contribution < -0.4 is 5.32 Å². The Labute approximate surface area is 98.2 Å². The van der Waals surface area contributed by atoms with Crippen LogP contribution in [0.3, 0.4) is 0 Å². The van der Waals surface area contributed by atoms with E-state index in [9.17, 15) is 0 Å². The molecule has 1 aromatic carbocycles. The Kier molecular flexibility index (Phi) is 3.61. The van der Waals surface area contributed by atoms with Crippen LogP contribution >= 0.6 is 35.0 Å². The number of rotatable bonds is 2. The lowest BCUT2D eigenvalue weighted by Crippen LogP contribution is -2.09. The predicted octanol–water partition coefficient (Wildman–Crippen LogP) is 3.45. The third-order valence-corrected chi connectivity index (χ3v) is 3.83. The van der Waals surface area contributed by atoms with Gasteiger partial charge in [-0.1, -0.05) is 23.2 Å². The van der Waals surface area contributed by atoms with E-state index in [1.807, 2.05) is 23.9 Å². The SMILES string of the molecule is Clc1cc(Cl)cc(S[C@@H]2CCNC2)c1. The van der Waals surface area contributed by atoms with Gasteiger partial charge in [-0.3, -0.25) is 0 Å². The molecule has 1 N–H and O–H groups in total. The fraction of sp³-hybridized carbons (Fsp3) is 0.400. The molecule has 1 nitrogen and oxygen atoms in total. The second-order valence-electron chi connectivity index (χ2n) is 3.34. The molecule has 1 fully saturated rings. The fourth-order valence-corrected chi connectivity index (χ4v) is 3.39. The van der Waals surface area contributed by atoms with Crippen LogP contribution in [-0.4, -0.2) is 18.3 Å². The lowest BCUT2D eigenvalue weighted by atomic mass is 10.4. The zero-order valence-electron chi connectivity index (χ0n) is 7.59. The minimum atomic E-state index is 0.657. The zero-order chi connectivity index (χ0) is 9.97. The van der Waals surface area contributed by atoms with Crippen molar-refractivity contribution in [1.29, 1.82) is 0 Å². The van der Waals surface area contributed by atoms with Gasteiger partial charge in [-0.2, -0.15) is 0 Å². The van der Waals surface area contributed by atoms with E-state index in [4.69, 9.17) is 23.2 Å². The monoisotopic (exact) mass is 247 g/mol. The molecule has 0 unspecified atom stereocenters. The van der Waals surface area contributed by atoms with E-state index >= 15 is 0 Å². The van der Waals surface area contributed by atoms with E-state index in [1.165, 1.54) is 6.42 Å². The summed E-state index contributed by atoms with van der Waals surface area (Å²) in [6.45, 7) is 2.20. The average molecular weight is 248 g/mol. The number of thioether (sulfide) groups is 1. The van der Waals surface area contributed by atoms with E-state index < -0.39 is 0 Å². The molecule has 14 heavy (non-hydrogen) atoms. The van der Waals surface area contributed by atoms with Crippen LogP contribution in [0.2, 0.25) is 10.0 Å². The molecule has 1 saturated heterocycles. The molecular weight excluding hydrogens is 237 g/mol. The number of halogens is 2. The van der Waals surface area contributed by atoms with Crippen molar-refractivity contribution in [3.05, 3.63) is 28.2 Å². The average Bonchev–Trinajstić information content (AvgIpc) is 2.54. The minimum absolute atomic E-state index is 0.657. The maximum Gasteiger partial charge on any atom is 0.0431 e. The molecule has 1 heterocycles. The van der Waals surface area contributed by atoms with Gasteiger partial charge in [0.25, 0.3) is 0 Å². The molecule has 0 radical (unpaired) electrons. The number of benzene rings is 1. The Bertz CT molecular complexity index is 304. The van der Waals surface area contributed by atoms with E-state index in [-0.39, 0.29) is 0 Å². The Balaban J connectivity index is 2.07. The van der Waals surface area contributed by atoms with Crippen molar-refractivity contribution in [2.45, 2.75) is 16.6 Å². The normalized spacial score (nSPS) is 21.4. The Morgan fingerprint density at radius 3 is 2.50 bits per heavy atom. The fourth-order valence-electron chi connectivity index (χ4n) is 1.52. The second kappa shape index (κ2) is 4.75. The molecule has 0 bridgehead atoms. The van der Waals surface area contributed by atoms with Gasteiger partial charge in [0, 0.05) is 26.7 Å². The molecule has 76 valence electrons. The van der Waals surface area contributed by atoms with Crippen LogP contribution in [0, 0.1) is 0 Å². The standard InChI is InChI=1S/C10H11Cl2NS/c11-7-3-8(12)5-10(4-7)14-9-1-2-13-6-9/h3-5,9,13H,1-2,6H2/t9-/m1/s1. The van der Waals surface area contributed by atoms with Crippen LogP contribution in [0.25, 0.3) is 0 Å². The molecule has 1 atom stereocenters. The van der Waals surface area contributed by atoms with Crippen LogP contribution in [0.15, 0.2) is 23.1 Å². The summed E-state index contributed by atoms with van der Waals surface area (Å²) in [4.78, 5) is 1.16. The molecule has 1 aliphatic heterocycles. The maximum absolute atomic E-state index is 5.92. The highest BCUT2D eigenvalue weighted by atomic mass is 35.5. The van der Waals surface area contributed by atoms with Crippen molar-refractivity contribution in [3.63, 3.8) is 0 Å². The van der Waals surface area contributed by atoms with Gasteiger partial charge in [-0.15, -0.1) is 11.8 Å². The molecule has 2 rings (SSSR count). The first-order chi connectivity index (χ1) is 6.74. The van der Waals surface area contributed by atoms with Crippen LogP contribution in [0.4, 0.5) is 0 Å². The van der Waals surface area contributed by atoms with Crippen molar-refractivity contribution in [2.75, 3.05) is 13.1 Å². The number of nitrogens with one attached hydrogen (secondary N) is 1. The summed E-state index contributed by atoms with van der Waals surface area (Å²) in [6.07, 6.45) is 1.22. The van der Waals surface area contributed by atoms with Crippen molar-refractivity contribution < 1.29 is 0 Å². The van der Waals surface area contributed by atoms with Gasteiger partial charge in [0.1, 0.15) is 0 Å². The van der Waals surface area contributed by atoms with Gasteiger partial charge < -0.3 is 5.32 Å². The Morgan fingerprint density at radius 2 is 1.93 bits per heavy atom. The smallest absolute Gasteiger partial charge is 0.0431 e. The lowest BCUT2D eigenvalue weighted by molar-refractivity contribution is 0.858. The van der Waals surface area contributed by atoms with Gasteiger partial charge in [-0.05, 0) is 31.2 Å². The summed E-state index contributed by atoms with van der Waals surface area (Å²) in [5, 5.41) is 5.42. The quantitative estimate of drug-likeness (QED) is 0.860. The second-order valence-corrected chi connectivity index (χ2v) is 5.58. The van der Waals surface area contributed by atoms with Crippen LogP contribution in [0.1, 0.15) is 6.42 Å². The van der Waals surface area contributed by atoms with Crippen molar-refractivity contribution in [1.82, 2.24) is 5.32 Å². The third-order valence-electron chi connectivity index (χ3n) is 2.15. The highest BCUT2D eigenvalue weighted by Gasteiger charge is 2.15. The van der Waals surface area contributed by atoms with Crippen molar-refractivity contribution in [3.8, 4) is 0 Å². The van der Waals surface area contributed by atoms with E-state index in [0.29, 0.717) is 15.3 Å². The molecule has 0 amide bonds. The predicted molar refractivity (Wildman–Crippen MR) is 63.6 cm³/mol. The van der Waals surface area contributed by atoms with E-state index in [2.05, 4.69) is 5.32 Å². The first-order valence-electron chi connectivity index (χ1n) is 4.57. The minimum Gasteiger partial charge on any atom is -0.316 e. The highest BCUT2D eigenvalue weighted by Crippen LogP contribution is 2.31. The Hall–Kier alpha value is 0.110. The molecule has 0 saturated carbocycles. The number of hydrogen-bond acceptors (Lipinski definition) is 2. The molecular formula is C10H11Cl2NS. The molecule has 0 spiro atoms. The van der Waals surface area contributed by atoms with Gasteiger partial charge in [0.2, 0.25) is 0 Å². The summed E-state index contributed by atoms with van der Waals surface area (Å²) in [7, 11) is 0. The largest absolute Gasteiger partial charge is 0.316 e. The van der Waals surface area contributed by atoms with Crippen LogP contribution in [-0.2, 0) is 0 Å². The highest BCUT2D eigenvalue weighted by molar-refractivity contribution is 8.00. The summed E-state index contributed by atoms with van der Waals surface area (Å²) >= 11 is 13.7. The molecule has 0 aromatic heterocycles. The Morgan fingerprint density at radius 1 is 1.21 bits per heavy atom. The van der Waals surface area contributed by atoms with Crippen molar-refractivity contribution >= 4 is 35.0 Å². The van der Waals surface area contributed by atoms with E-state index in [1.54, 1.807) is 6.07 Å². The number of hydrogen-bond donors (Lipinski definition) is 1. The molecule has 1 aromatic rings. The third kappa shape index (κ3) is 2.80. The molecule has 1 aliphatic rings. The van der Waals surface area contributed by atoms with Gasteiger partial charge >= 0.3 is 0 Å². The van der Waals surface area contributed by atoms with E-state index in [0.717, 1.165) is 18.0 Å². The van der Waals surface area contributed by atoms with Gasteiger partial charge in [-0.25, -0.2) is 0 Å². The van der Waals surface area contributed by atoms with Gasteiger partial charge in [0.15, 0.2) is 0 Å². The summed E-state index contributed by atoms with van der Waals surface area (Å²) in [5.74, 6) is 0. The molecule has 0 aliphatic carbocycles. The van der Waals surface area contributed by atoms with Crippen LogP contribution in [0.5, 0.6) is 0 Å². The summed E-state index contributed by atoms with van der Waals surface area (Å²) in [6, 6.07) is 5.70. The molecule has 4 heteroatoms. The maximum atomic E-state index is 5.92. The topological polar surface area (TPSA) is 12.0 Å². The van der Waals surface area contributed by atoms with Gasteiger partial charge in [0.05, 0.1) is 0 Å². The summed E-state index contributed by atoms with van der Waals surface area (Å²) in [5.41, 5.74) is 0. The first-order valence-corrected chi connectivity index (χ1v) is 6.21. The lowest BCUT2D eigenvalue weighted by Gasteiger charge is -2.08.